The zero-order valence-corrected chi connectivity index (χ0v) is 8.81. The average molecular weight is 186 g/mol. The molecule has 1 fully saturated rings. The number of methoxy groups -OCH3 is 1. The Kier molecular flexibility index (Phi) is 5.35. The van der Waals surface area contributed by atoms with Gasteiger partial charge in [-0.25, -0.2) is 0 Å². The zero-order valence-electron chi connectivity index (χ0n) is 8.81. The van der Waals surface area contributed by atoms with Crippen molar-refractivity contribution in [2.45, 2.75) is 25.8 Å². The lowest BCUT2D eigenvalue weighted by molar-refractivity contribution is 0.195. The minimum atomic E-state index is 0.658. The number of piperidine rings is 1. The molecule has 1 rings (SSSR count). The normalized spacial score (nSPS) is 29.1. The molecular formula is C10H22N2O. The summed E-state index contributed by atoms with van der Waals surface area (Å²) < 4.78 is 4.98. The van der Waals surface area contributed by atoms with Gasteiger partial charge in [-0.15, -0.1) is 0 Å². The first-order chi connectivity index (χ1) is 6.34. The summed E-state index contributed by atoms with van der Waals surface area (Å²) >= 11 is 0. The number of rotatable bonds is 5. The molecule has 1 aliphatic rings. The fourth-order valence-corrected chi connectivity index (χ4v) is 1.82. The standard InChI is InChI=1S/C10H22N2O/c1-9-4-3-5-12-10(9)8-11-6-7-13-2/h9-12H,3-8H2,1-2H3. The van der Waals surface area contributed by atoms with Gasteiger partial charge in [-0.1, -0.05) is 6.92 Å². The van der Waals surface area contributed by atoms with Crippen molar-refractivity contribution in [3.05, 3.63) is 0 Å². The summed E-state index contributed by atoms with van der Waals surface area (Å²) in [6.45, 7) is 6.35. The van der Waals surface area contributed by atoms with Crippen molar-refractivity contribution in [2.24, 2.45) is 5.92 Å². The smallest absolute Gasteiger partial charge is 0.0587 e. The van der Waals surface area contributed by atoms with Gasteiger partial charge >= 0.3 is 0 Å². The molecule has 0 saturated carbocycles. The Hall–Kier alpha value is -0.120. The maximum atomic E-state index is 4.98. The van der Waals surface area contributed by atoms with Crippen LogP contribution in [0.2, 0.25) is 0 Å². The van der Waals surface area contributed by atoms with Gasteiger partial charge < -0.3 is 15.4 Å². The largest absolute Gasteiger partial charge is 0.383 e. The molecule has 3 nitrogen and oxygen atoms in total. The first kappa shape index (κ1) is 11.0. The second-order valence-electron chi connectivity index (χ2n) is 3.88. The van der Waals surface area contributed by atoms with E-state index in [0.717, 1.165) is 25.6 Å². The molecule has 0 aliphatic carbocycles. The predicted octanol–water partition coefficient (Wildman–Crippen LogP) is 0.610. The number of nitrogens with one attached hydrogen (secondary N) is 2. The SMILES string of the molecule is COCCNCC1NCCCC1C. The molecule has 0 aromatic carbocycles. The molecule has 2 N–H and O–H groups in total. The van der Waals surface area contributed by atoms with E-state index < -0.39 is 0 Å². The Morgan fingerprint density at radius 3 is 3.08 bits per heavy atom. The van der Waals surface area contributed by atoms with Crippen LogP contribution in [0.1, 0.15) is 19.8 Å². The first-order valence-electron chi connectivity index (χ1n) is 5.27. The maximum Gasteiger partial charge on any atom is 0.0587 e. The van der Waals surface area contributed by atoms with E-state index in [1.165, 1.54) is 19.4 Å². The van der Waals surface area contributed by atoms with Gasteiger partial charge in [0.2, 0.25) is 0 Å². The van der Waals surface area contributed by atoms with E-state index >= 15 is 0 Å². The van der Waals surface area contributed by atoms with Crippen LogP contribution in [0.3, 0.4) is 0 Å². The summed E-state index contributed by atoms with van der Waals surface area (Å²) in [7, 11) is 1.74. The third-order valence-electron chi connectivity index (χ3n) is 2.78. The van der Waals surface area contributed by atoms with Crippen molar-refractivity contribution in [1.82, 2.24) is 10.6 Å². The van der Waals surface area contributed by atoms with E-state index in [9.17, 15) is 0 Å². The van der Waals surface area contributed by atoms with Crippen LogP contribution < -0.4 is 10.6 Å². The van der Waals surface area contributed by atoms with Crippen LogP contribution in [0.5, 0.6) is 0 Å². The topological polar surface area (TPSA) is 33.3 Å². The molecule has 1 heterocycles. The van der Waals surface area contributed by atoms with Crippen molar-refractivity contribution < 1.29 is 4.74 Å². The van der Waals surface area contributed by atoms with Crippen LogP contribution in [0, 0.1) is 5.92 Å². The van der Waals surface area contributed by atoms with E-state index in [1.54, 1.807) is 7.11 Å². The van der Waals surface area contributed by atoms with Gasteiger partial charge in [-0.3, -0.25) is 0 Å². The second-order valence-corrected chi connectivity index (χ2v) is 3.88. The van der Waals surface area contributed by atoms with E-state index in [2.05, 4.69) is 17.6 Å². The molecule has 2 atom stereocenters. The Balaban J connectivity index is 2.05. The summed E-state index contributed by atoms with van der Waals surface area (Å²) in [5.74, 6) is 0.809. The molecule has 1 saturated heterocycles. The molecule has 0 bridgehead atoms. The number of hydrogen-bond donors (Lipinski definition) is 2. The minimum Gasteiger partial charge on any atom is -0.383 e. The number of hydrogen-bond acceptors (Lipinski definition) is 3. The fourth-order valence-electron chi connectivity index (χ4n) is 1.82. The van der Waals surface area contributed by atoms with Gasteiger partial charge in [0.1, 0.15) is 0 Å². The van der Waals surface area contributed by atoms with Gasteiger partial charge in [0.05, 0.1) is 6.61 Å². The average Bonchev–Trinajstić information content (AvgIpc) is 2.15. The van der Waals surface area contributed by atoms with Gasteiger partial charge in [0.15, 0.2) is 0 Å². The van der Waals surface area contributed by atoms with E-state index in [1.807, 2.05) is 0 Å². The van der Waals surface area contributed by atoms with E-state index in [-0.39, 0.29) is 0 Å². The summed E-state index contributed by atoms with van der Waals surface area (Å²) in [4.78, 5) is 0. The third-order valence-corrected chi connectivity index (χ3v) is 2.78. The van der Waals surface area contributed by atoms with Crippen LogP contribution >= 0.6 is 0 Å². The van der Waals surface area contributed by atoms with Gasteiger partial charge in [-0.2, -0.15) is 0 Å². The van der Waals surface area contributed by atoms with Gasteiger partial charge in [0.25, 0.3) is 0 Å². The molecule has 0 aromatic heterocycles. The summed E-state index contributed by atoms with van der Waals surface area (Å²) in [5.41, 5.74) is 0. The quantitative estimate of drug-likeness (QED) is 0.617. The molecule has 0 spiro atoms. The molecule has 13 heavy (non-hydrogen) atoms. The van der Waals surface area contributed by atoms with E-state index in [0.29, 0.717) is 6.04 Å². The van der Waals surface area contributed by atoms with Crippen molar-refractivity contribution in [3.63, 3.8) is 0 Å². The van der Waals surface area contributed by atoms with Crippen LogP contribution in [0.4, 0.5) is 0 Å². The van der Waals surface area contributed by atoms with Crippen LogP contribution in [0.25, 0.3) is 0 Å². The molecule has 0 radical (unpaired) electrons. The van der Waals surface area contributed by atoms with Crippen LogP contribution in [0.15, 0.2) is 0 Å². The van der Waals surface area contributed by atoms with Crippen molar-refractivity contribution in [3.8, 4) is 0 Å². The maximum absolute atomic E-state index is 4.98. The molecule has 0 amide bonds. The lowest BCUT2D eigenvalue weighted by Crippen LogP contribution is -2.47. The highest BCUT2D eigenvalue weighted by Crippen LogP contribution is 2.14. The van der Waals surface area contributed by atoms with Crippen LogP contribution in [-0.2, 0) is 4.74 Å². The molecule has 78 valence electrons. The monoisotopic (exact) mass is 186 g/mol. The molecule has 3 heteroatoms. The molecule has 2 unspecified atom stereocenters. The van der Waals surface area contributed by atoms with Crippen molar-refractivity contribution in [2.75, 3.05) is 33.4 Å². The summed E-state index contributed by atoms with van der Waals surface area (Å²) in [5, 5.41) is 6.94. The zero-order chi connectivity index (χ0) is 9.52. The highest BCUT2D eigenvalue weighted by atomic mass is 16.5. The van der Waals surface area contributed by atoms with Crippen LogP contribution in [-0.4, -0.2) is 39.4 Å². The van der Waals surface area contributed by atoms with Gasteiger partial charge in [-0.05, 0) is 25.3 Å². The van der Waals surface area contributed by atoms with Crippen molar-refractivity contribution in [1.29, 1.82) is 0 Å². The van der Waals surface area contributed by atoms with Gasteiger partial charge in [0, 0.05) is 26.2 Å². The second kappa shape index (κ2) is 6.35. The lowest BCUT2D eigenvalue weighted by Gasteiger charge is -2.30. The molecule has 0 aromatic rings. The first-order valence-corrected chi connectivity index (χ1v) is 5.27. The summed E-state index contributed by atoms with van der Waals surface area (Å²) in [6.07, 6.45) is 2.69. The lowest BCUT2D eigenvalue weighted by atomic mass is 9.93. The number of ether oxygens (including phenoxy) is 1. The fraction of sp³-hybridized carbons (Fsp3) is 1.00. The van der Waals surface area contributed by atoms with Crippen molar-refractivity contribution >= 4 is 0 Å². The predicted molar refractivity (Wildman–Crippen MR) is 54.9 cm³/mol. The Bertz CT molecular complexity index is 130. The summed E-state index contributed by atoms with van der Waals surface area (Å²) in [6, 6.07) is 0.658. The highest BCUT2D eigenvalue weighted by molar-refractivity contribution is 4.79. The molecule has 1 aliphatic heterocycles. The van der Waals surface area contributed by atoms with E-state index in [4.69, 9.17) is 4.74 Å². The third kappa shape index (κ3) is 4.07. The minimum absolute atomic E-state index is 0.658. The Morgan fingerprint density at radius 2 is 2.38 bits per heavy atom. The Labute approximate surface area is 81.2 Å². The highest BCUT2D eigenvalue weighted by Gasteiger charge is 2.19. The Morgan fingerprint density at radius 1 is 1.54 bits per heavy atom. The molecular weight excluding hydrogens is 164 g/mol.